The number of anilines is 2. The summed E-state index contributed by atoms with van der Waals surface area (Å²) in [6.45, 7) is 6.82. The molecule has 33 heavy (non-hydrogen) atoms. The quantitative estimate of drug-likeness (QED) is 0.494. The topological polar surface area (TPSA) is 84.9 Å². The van der Waals surface area contributed by atoms with Crippen LogP contribution in [0.15, 0.2) is 36.8 Å². The van der Waals surface area contributed by atoms with Crippen molar-refractivity contribution in [3.8, 4) is 16.6 Å². The Labute approximate surface area is 199 Å². The fourth-order valence-corrected chi connectivity index (χ4v) is 5.40. The van der Waals surface area contributed by atoms with Gasteiger partial charge in [-0.05, 0) is 80.6 Å². The second kappa shape index (κ2) is 9.73. The molecule has 1 saturated heterocycles. The van der Waals surface area contributed by atoms with E-state index in [-0.39, 0.29) is 6.10 Å². The lowest BCUT2D eigenvalue weighted by Gasteiger charge is -2.33. The zero-order chi connectivity index (χ0) is 22.7. The van der Waals surface area contributed by atoms with Crippen molar-refractivity contribution in [2.24, 2.45) is 5.41 Å². The van der Waals surface area contributed by atoms with Crippen LogP contribution in [0.2, 0.25) is 0 Å². The van der Waals surface area contributed by atoms with Crippen LogP contribution in [0.1, 0.15) is 63.9 Å². The highest BCUT2D eigenvalue weighted by Crippen LogP contribution is 2.36. The van der Waals surface area contributed by atoms with E-state index in [1.54, 1.807) is 17.5 Å². The Hall–Kier alpha value is -2.58. The molecule has 0 atom stereocenters. The second-order valence-corrected chi connectivity index (χ2v) is 10.9. The predicted molar refractivity (Wildman–Crippen MR) is 132 cm³/mol. The van der Waals surface area contributed by atoms with Crippen LogP contribution in [-0.4, -0.2) is 39.1 Å². The summed E-state index contributed by atoms with van der Waals surface area (Å²) in [5.41, 5.74) is 2.56. The van der Waals surface area contributed by atoms with Crippen molar-refractivity contribution in [1.29, 1.82) is 0 Å². The first-order chi connectivity index (χ1) is 16.0. The Morgan fingerprint density at radius 3 is 2.58 bits per heavy atom. The average molecular weight is 465 g/mol. The Morgan fingerprint density at radius 1 is 1.00 bits per heavy atom. The summed E-state index contributed by atoms with van der Waals surface area (Å²) in [6.07, 6.45) is 12.6. The Kier molecular flexibility index (Phi) is 6.55. The van der Waals surface area contributed by atoms with Gasteiger partial charge in [-0.15, -0.1) is 0 Å². The van der Waals surface area contributed by atoms with Crippen molar-refractivity contribution in [3.63, 3.8) is 0 Å². The molecule has 4 heterocycles. The van der Waals surface area contributed by atoms with Gasteiger partial charge in [0.15, 0.2) is 5.13 Å². The van der Waals surface area contributed by atoms with E-state index in [9.17, 15) is 0 Å². The third-order valence-electron chi connectivity index (χ3n) is 6.78. The fourth-order valence-electron chi connectivity index (χ4n) is 4.61. The van der Waals surface area contributed by atoms with Gasteiger partial charge in [-0.3, -0.25) is 0 Å². The Bertz CT molecular complexity index is 1050. The zero-order valence-corrected chi connectivity index (χ0v) is 20.2. The van der Waals surface area contributed by atoms with Crippen LogP contribution in [0.4, 0.5) is 10.9 Å². The van der Waals surface area contributed by atoms with Gasteiger partial charge in [0, 0.05) is 18.6 Å². The van der Waals surface area contributed by atoms with Crippen LogP contribution in [0.3, 0.4) is 0 Å². The summed E-state index contributed by atoms with van der Waals surface area (Å²) in [6, 6.07) is 6.58. The lowest BCUT2D eigenvalue weighted by Crippen LogP contribution is -2.28. The summed E-state index contributed by atoms with van der Waals surface area (Å²) >= 11 is 1.55. The molecule has 1 aliphatic heterocycles. The molecule has 7 nitrogen and oxygen atoms in total. The van der Waals surface area contributed by atoms with Crippen molar-refractivity contribution >= 4 is 22.3 Å². The van der Waals surface area contributed by atoms with Gasteiger partial charge in [-0.25, -0.2) is 15.0 Å². The van der Waals surface area contributed by atoms with Gasteiger partial charge < -0.3 is 15.4 Å². The minimum Gasteiger partial charge on any atom is -0.460 e. The number of aromatic nitrogens is 4. The van der Waals surface area contributed by atoms with E-state index in [2.05, 4.69) is 50.5 Å². The molecule has 0 radical (unpaired) electrons. The molecule has 3 aromatic heterocycles. The van der Waals surface area contributed by atoms with E-state index in [0.29, 0.717) is 17.3 Å². The maximum absolute atomic E-state index is 6.11. The normalized spacial score (nSPS) is 19.3. The van der Waals surface area contributed by atoms with Crippen LogP contribution in [0, 0.1) is 5.41 Å². The first-order valence-corrected chi connectivity index (χ1v) is 12.8. The third kappa shape index (κ3) is 5.68. The molecule has 5 rings (SSSR count). The molecule has 3 aromatic rings. The lowest BCUT2D eigenvalue weighted by atomic mass is 9.76. The average Bonchev–Trinajstić information content (AvgIpc) is 3.30. The van der Waals surface area contributed by atoms with Gasteiger partial charge in [-0.1, -0.05) is 31.3 Å². The molecule has 1 saturated carbocycles. The Balaban J connectivity index is 1.21. The Morgan fingerprint density at radius 2 is 1.82 bits per heavy atom. The van der Waals surface area contributed by atoms with Gasteiger partial charge in [0.25, 0.3) is 0 Å². The minimum atomic E-state index is 0.200. The van der Waals surface area contributed by atoms with E-state index in [1.165, 1.54) is 31.2 Å². The highest BCUT2D eigenvalue weighted by Gasteiger charge is 2.28. The molecular formula is C25H32N6OS. The van der Waals surface area contributed by atoms with E-state index in [4.69, 9.17) is 4.74 Å². The van der Waals surface area contributed by atoms with E-state index in [1.807, 2.05) is 24.5 Å². The molecule has 2 N–H and O–H groups in total. The summed E-state index contributed by atoms with van der Waals surface area (Å²) in [5, 5.41) is 7.53. The van der Waals surface area contributed by atoms with E-state index in [0.717, 1.165) is 47.5 Å². The van der Waals surface area contributed by atoms with Crippen molar-refractivity contribution in [1.82, 2.24) is 25.3 Å². The number of nitrogens with one attached hydrogen (secondary N) is 2. The number of nitrogens with zero attached hydrogens (tertiary/aromatic N) is 4. The number of ether oxygens (including phenoxy) is 1. The second-order valence-electron chi connectivity index (χ2n) is 9.86. The third-order valence-corrected chi connectivity index (χ3v) is 7.72. The van der Waals surface area contributed by atoms with Gasteiger partial charge in [0.1, 0.15) is 11.9 Å². The first-order valence-electron chi connectivity index (χ1n) is 11.9. The number of rotatable bonds is 6. The summed E-state index contributed by atoms with van der Waals surface area (Å²) < 4.78 is 6.11. The molecule has 0 bridgehead atoms. The summed E-state index contributed by atoms with van der Waals surface area (Å²) in [7, 11) is 0. The smallest absolute Gasteiger partial charge is 0.317 e. The summed E-state index contributed by atoms with van der Waals surface area (Å²) in [5.74, 6) is 1.41. The van der Waals surface area contributed by atoms with Crippen molar-refractivity contribution in [2.45, 2.75) is 64.4 Å². The molecule has 174 valence electrons. The lowest BCUT2D eigenvalue weighted by molar-refractivity contribution is 0.0907. The minimum absolute atomic E-state index is 0.200. The van der Waals surface area contributed by atoms with Crippen molar-refractivity contribution < 1.29 is 4.74 Å². The van der Waals surface area contributed by atoms with Crippen LogP contribution in [0.5, 0.6) is 6.01 Å². The van der Waals surface area contributed by atoms with Gasteiger partial charge >= 0.3 is 6.01 Å². The maximum atomic E-state index is 6.11. The van der Waals surface area contributed by atoms with Crippen LogP contribution >= 0.6 is 11.3 Å². The molecule has 8 heteroatoms. The monoisotopic (exact) mass is 464 g/mol. The molecule has 0 unspecified atom stereocenters. The van der Waals surface area contributed by atoms with Crippen molar-refractivity contribution in [3.05, 3.63) is 42.4 Å². The number of pyridine rings is 1. The molecule has 0 amide bonds. The largest absolute Gasteiger partial charge is 0.460 e. The van der Waals surface area contributed by atoms with E-state index >= 15 is 0 Å². The van der Waals surface area contributed by atoms with Crippen molar-refractivity contribution in [2.75, 3.05) is 18.4 Å². The number of hydrogen-bond donors (Lipinski definition) is 2. The standard InChI is InChI=1S/C25H32N6OS/c1-25(2)10-5-19(6-11-25)32-23-27-14-9-20(30-23)21-16-29-24(33-21)31-22-4-3-18(15-28-22)17-7-12-26-13-8-17/h3-4,9,14-17,19,26H,5-8,10-13H2,1-2H3,(H,28,29,31). The molecule has 2 aliphatic rings. The van der Waals surface area contributed by atoms with Crippen LogP contribution in [-0.2, 0) is 0 Å². The SMILES string of the molecule is CC1(C)CCC(Oc2nccc(-c3cnc(Nc4ccc(C5CCNCC5)cn4)s3)n2)CC1. The van der Waals surface area contributed by atoms with Crippen LogP contribution < -0.4 is 15.4 Å². The molecule has 1 aliphatic carbocycles. The maximum Gasteiger partial charge on any atom is 0.317 e. The molecule has 0 aromatic carbocycles. The summed E-state index contributed by atoms with van der Waals surface area (Å²) in [4.78, 5) is 19.1. The fraction of sp³-hybridized carbons (Fsp3) is 0.520. The van der Waals surface area contributed by atoms with Gasteiger partial charge in [0.05, 0.1) is 10.6 Å². The number of thiazole rings is 1. The van der Waals surface area contributed by atoms with E-state index < -0.39 is 0 Å². The molecule has 0 spiro atoms. The van der Waals surface area contributed by atoms with Gasteiger partial charge in [-0.2, -0.15) is 4.98 Å². The zero-order valence-electron chi connectivity index (χ0n) is 19.4. The highest BCUT2D eigenvalue weighted by atomic mass is 32.1. The molecule has 2 fully saturated rings. The van der Waals surface area contributed by atoms with Gasteiger partial charge in [0.2, 0.25) is 0 Å². The predicted octanol–water partition coefficient (Wildman–Crippen LogP) is 5.55. The highest BCUT2D eigenvalue weighted by molar-refractivity contribution is 7.18. The molecular weight excluding hydrogens is 432 g/mol. The number of piperidine rings is 1. The number of hydrogen-bond acceptors (Lipinski definition) is 8. The first kappa shape index (κ1) is 22.2. The van der Waals surface area contributed by atoms with Crippen LogP contribution in [0.25, 0.3) is 10.6 Å².